The van der Waals surface area contributed by atoms with Crippen LogP contribution in [0.15, 0.2) is 0 Å². The highest BCUT2D eigenvalue weighted by Crippen LogP contribution is 1.93. The van der Waals surface area contributed by atoms with E-state index in [2.05, 4.69) is 10.0 Å². The predicted molar refractivity (Wildman–Crippen MR) is 64.6 cm³/mol. The summed E-state index contributed by atoms with van der Waals surface area (Å²) in [6.45, 7) is 4.82. The van der Waals surface area contributed by atoms with Gasteiger partial charge in [-0.1, -0.05) is 6.92 Å². The Kier molecular flexibility index (Phi) is 8.77. The first-order valence-corrected chi connectivity index (χ1v) is 6.89. The molecular weight excluding hydrogens is 230 g/mol. The van der Waals surface area contributed by atoms with Crippen molar-refractivity contribution in [2.24, 2.45) is 0 Å². The van der Waals surface area contributed by atoms with Gasteiger partial charge in [0.15, 0.2) is 0 Å². The van der Waals surface area contributed by atoms with Crippen LogP contribution in [-0.4, -0.2) is 59.7 Å². The molecule has 0 fully saturated rings. The Morgan fingerprint density at radius 1 is 1.25 bits per heavy atom. The fraction of sp³-hybridized carbons (Fsp3) is 1.00. The number of hydrogen-bond donors (Lipinski definition) is 2. The Labute approximate surface area is 98.5 Å². The monoisotopic (exact) mass is 253 g/mol. The van der Waals surface area contributed by atoms with Gasteiger partial charge >= 0.3 is 0 Å². The average molecular weight is 253 g/mol. The second-order valence-electron chi connectivity index (χ2n) is 3.46. The van der Waals surface area contributed by atoms with E-state index < -0.39 is 10.2 Å². The van der Waals surface area contributed by atoms with Crippen molar-refractivity contribution >= 4 is 10.2 Å². The van der Waals surface area contributed by atoms with Gasteiger partial charge in [0.05, 0.1) is 6.61 Å². The van der Waals surface area contributed by atoms with Gasteiger partial charge in [0, 0.05) is 40.3 Å². The van der Waals surface area contributed by atoms with Crippen molar-refractivity contribution in [1.29, 1.82) is 0 Å². The molecule has 0 unspecified atom stereocenters. The number of nitrogens with zero attached hydrogens (tertiary/aromatic N) is 1. The third kappa shape index (κ3) is 7.13. The van der Waals surface area contributed by atoms with E-state index in [0.29, 0.717) is 26.2 Å². The van der Waals surface area contributed by atoms with E-state index in [1.807, 2.05) is 6.92 Å². The first-order chi connectivity index (χ1) is 7.54. The molecule has 6 nitrogen and oxygen atoms in total. The molecule has 0 aromatic carbocycles. The molecule has 7 heteroatoms. The van der Waals surface area contributed by atoms with Gasteiger partial charge in [-0.15, -0.1) is 0 Å². The van der Waals surface area contributed by atoms with Crippen LogP contribution in [0.4, 0.5) is 0 Å². The Morgan fingerprint density at radius 2 is 1.94 bits per heavy atom. The van der Waals surface area contributed by atoms with E-state index in [9.17, 15) is 8.42 Å². The van der Waals surface area contributed by atoms with Crippen LogP contribution in [0.1, 0.15) is 13.3 Å². The number of nitrogens with one attached hydrogen (secondary N) is 2. The number of ether oxygens (including phenoxy) is 1. The maximum atomic E-state index is 11.6. The summed E-state index contributed by atoms with van der Waals surface area (Å²) in [5, 5.41) is 3.06. The van der Waals surface area contributed by atoms with Crippen LogP contribution >= 0.6 is 0 Å². The van der Waals surface area contributed by atoms with Crippen LogP contribution < -0.4 is 10.0 Å². The molecule has 0 saturated heterocycles. The molecule has 0 aromatic rings. The molecule has 0 amide bonds. The zero-order valence-corrected chi connectivity index (χ0v) is 11.1. The molecular formula is C9H23N3O3S. The van der Waals surface area contributed by atoms with Gasteiger partial charge in [0.25, 0.3) is 10.2 Å². The van der Waals surface area contributed by atoms with Crippen LogP contribution in [0.25, 0.3) is 0 Å². The van der Waals surface area contributed by atoms with Crippen molar-refractivity contribution in [3.63, 3.8) is 0 Å². The van der Waals surface area contributed by atoms with E-state index in [-0.39, 0.29) is 0 Å². The van der Waals surface area contributed by atoms with Gasteiger partial charge in [-0.05, 0) is 6.42 Å². The standard InChI is InChI=1S/C9H23N3O3S/c1-4-8-12(2)16(13,14)11-6-5-10-7-9-15-3/h10-11H,4-9H2,1-3H3. The Balaban J connectivity index is 3.66. The van der Waals surface area contributed by atoms with Gasteiger partial charge in [-0.25, -0.2) is 4.72 Å². The first-order valence-electron chi connectivity index (χ1n) is 5.45. The van der Waals surface area contributed by atoms with Crippen LogP contribution in [0.2, 0.25) is 0 Å². The molecule has 0 bridgehead atoms. The second kappa shape index (κ2) is 8.89. The first kappa shape index (κ1) is 15.8. The lowest BCUT2D eigenvalue weighted by molar-refractivity contribution is 0.199. The molecule has 0 aliphatic carbocycles. The van der Waals surface area contributed by atoms with Gasteiger partial charge < -0.3 is 10.1 Å². The summed E-state index contributed by atoms with van der Waals surface area (Å²) < 4.78 is 31.8. The highest BCUT2D eigenvalue weighted by molar-refractivity contribution is 7.87. The molecule has 0 heterocycles. The third-order valence-corrected chi connectivity index (χ3v) is 3.59. The van der Waals surface area contributed by atoms with Gasteiger partial charge in [0.1, 0.15) is 0 Å². The maximum absolute atomic E-state index is 11.6. The van der Waals surface area contributed by atoms with Crippen molar-refractivity contribution < 1.29 is 13.2 Å². The summed E-state index contributed by atoms with van der Waals surface area (Å²) in [4.78, 5) is 0. The molecule has 0 saturated carbocycles. The summed E-state index contributed by atoms with van der Waals surface area (Å²) in [6.07, 6.45) is 0.809. The van der Waals surface area contributed by atoms with E-state index in [4.69, 9.17) is 4.74 Å². The van der Waals surface area contributed by atoms with Crippen LogP contribution in [0.3, 0.4) is 0 Å². The van der Waals surface area contributed by atoms with E-state index >= 15 is 0 Å². The van der Waals surface area contributed by atoms with E-state index in [1.54, 1.807) is 14.2 Å². The predicted octanol–water partition coefficient (Wildman–Crippen LogP) is -0.601. The van der Waals surface area contributed by atoms with Crippen LogP contribution in [0, 0.1) is 0 Å². The molecule has 0 spiro atoms. The molecule has 0 rings (SSSR count). The van der Waals surface area contributed by atoms with E-state index in [1.165, 1.54) is 4.31 Å². The normalized spacial score (nSPS) is 12.2. The van der Waals surface area contributed by atoms with E-state index in [0.717, 1.165) is 13.0 Å². The second-order valence-corrected chi connectivity index (χ2v) is 5.33. The lowest BCUT2D eigenvalue weighted by Gasteiger charge is -2.16. The van der Waals surface area contributed by atoms with Gasteiger partial charge in [0.2, 0.25) is 0 Å². The molecule has 2 N–H and O–H groups in total. The molecule has 0 aromatic heterocycles. The summed E-state index contributed by atoms with van der Waals surface area (Å²) in [6, 6.07) is 0. The fourth-order valence-corrected chi connectivity index (χ4v) is 2.12. The quantitative estimate of drug-likeness (QED) is 0.510. The number of hydrogen-bond acceptors (Lipinski definition) is 4. The Bertz CT molecular complexity index is 257. The van der Waals surface area contributed by atoms with Gasteiger partial charge in [-0.3, -0.25) is 0 Å². The van der Waals surface area contributed by atoms with Crippen molar-refractivity contribution in [2.45, 2.75) is 13.3 Å². The topological polar surface area (TPSA) is 70.7 Å². The van der Waals surface area contributed by atoms with Crippen molar-refractivity contribution in [3.05, 3.63) is 0 Å². The summed E-state index contributed by atoms with van der Waals surface area (Å²) in [7, 11) is -0.100. The minimum absolute atomic E-state index is 0.389. The summed E-state index contributed by atoms with van der Waals surface area (Å²) >= 11 is 0. The fourth-order valence-electron chi connectivity index (χ4n) is 1.11. The van der Waals surface area contributed by atoms with Crippen LogP contribution in [0.5, 0.6) is 0 Å². The third-order valence-electron chi connectivity index (χ3n) is 2.02. The largest absolute Gasteiger partial charge is 0.383 e. The molecule has 0 aliphatic rings. The van der Waals surface area contributed by atoms with Crippen molar-refractivity contribution in [1.82, 2.24) is 14.3 Å². The minimum Gasteiger partial charge on any atom is -0.383 e. The van der Waals surface area contributed by atoms with Crippen LogP contribution in [-0.2, 0) is 14.9 Å². The highest BCUT2D eigenvalue weighted by atomic mass is 32.2. The lowest BCUT2D eigenvalue weighted by Crippen LogP contribution is -2.41. The van der Waals surface area contributed by atoms with Crippen molar-refractivity contribution in [2.75, 3.05) is 46.9 Å². The summed E-state index contributed by atoms with van der Waals surface area (Å²) in [5.41, 5.74) is 0. The Hall–Kier alpha value is -0.210. The number of rotatable bonds is 10. The molecule has 98 valence electrons. The van der Waals surface area contributed by atoms with Crippen molar-refractivity contribution in [3.8, 4) is 0 Å². The lowest BCUT2D eigenvalue weighted by atomic mass is 10.5. The smallest absolute Gasteiger partial charge is 0.279 e. The summed E-state index contributed by atoms with van der Waals surface area (Å²) in [5.74, 6) is 0. The maximum Gasteiger partial charge on any atom is 0.279 e. The molecule has 0 aliphatic heterocycles. The molecule has 0 radical (unpaired) electrons. The molecule has 0 atom stereocenters. The number of methoxy groups -OCH3 is 1. The average Bonchev–Trinajstić information content (AvgIpc) is 2.23. The SMILES string of the molecule is CCCN(C)S(=O)(=O)NCCNCCOC. The zero-order chi connectivity index (χ0) is 12.4. The molecule has 16 heavy (non-hydrogen) atoms. The highest BCUT2D eigenvalue weighted by Gasteiger charge is 2.14. The van der Waals surface area contributed by atoms with Gasteiger partial charge in [-0.2, -0.15) is 12.7 Å². The minimum atomic E-state index is -3.30. The zero-order valence-electron chi connectivity index (χ0n) is 10.3. The Morgan fingerprint density at radius 3 is 2.50 bits per heavy atom.